The van der Waals surface area contributed by atoms with E-state index >= 15 is 0 Å². The number of aliphatic carboxylic acids is 1. The van der Waals surface area contributed by atoms with E-state index in [0.717, 1.165) is 0 Å². The van der Waals surface area contributed by atoms with Gasteiger partial charge in [-0.1, -0.05) is 0 Å². The second kappa shape index (κ2) is 10.5. The summed E-state index contributed by atoms with van der Waals surface area (Å²) in [5, 5.41) is 13.7. The summed E-state index contributed by atoms with van der Waals surface area (Å²) in [5.41, 5.74) is 0. The van der Waals surface area contributed by atoms with Crippen molar-refractivity contribution in [1.82, 2.24) is 10.6 Å². The van der Waals surface area contributed by atoms with E-state index in [-0.39, 0.29) is 13.0 Å². The van der Waals surface area contributed by atoms with E-state index in [4.69, 9.17) is 5.11 Å². The Bertz CT molecular complexity index is 311. The average Bonchev–Trinajstić information content (AvgIpc) is 2.34. The number of hydrogen-bond donors (Lipinski definition) is 3. The van der Waals surface area contributed by atoms with Gasteiger partial charge in [0, 0.05) is 6.54 Å². The molecule has 0 radical (unpaired) electrons. The molecular formula is C11H20N2O5S. The molecule has 1 atom stereocenters. The molecule has 7 nitrogen and oxygen atoms in total. The highest BCUT2D eigenvalue weighted by Gasteiger charge is 2.19. The number of amides is 2. The number of carbonyl (C=O) groups excluding carboxylic acids is 2. The summed E-state index contributed by atoms with van der Waals surface area (Å²) in [6.07, 6.45) is 2.27. The van der Waals surface area contributed by atoms with Crippen molar-refractivity contribution in [3.05, 3.63) is 0 Å². The predicted octanol–water partition coefficient (Wildman–Crippen LogP) is 0.445. The van der Waals surface area contributed by atoms with Gasteiger partial charge < -0.3 is 20.5 Å². The van der Waals surface area contributed by atoms with E-state index < -0.39 is 24.0 Å². The topological polar surface area (TPSA) is 105 Å². The maximum absolute atomic E-state index is 11.4. The monoisotopic (exact) mass is 292 g/mol. The Kier molecular flexibility index (Phi) is 9.69. The van der Waals surface area contributed by atoms with Crippen LogP contribution in [0.5, 0.6) is 0 Å². The van der Waals surface area contributed by atoms with Gasteiger partial charge in [0.05, 0.1) is 13.0 Å². The Morgan fingerprint density at radius 2 is 2.05 bits per heavy atom. The molecule has 0 bridgehead atoms. The van der Waals surface area contributed by atoms with Gasteiger partial charge in [-0.15, -0.1) is 0 Å². The van der Waals surface area contributed by atoms with Crippen molar-refractivity contribution in [2.45, 2.75) is 25.8 Å². The summed E-state index contributed by atoms with van der Waals surface area (Å²) in [5.74, 6) is -0.838. The number of carbonyl (C=O) groups is 3. The first-order valence-electron chi connectivity index (χ1n) is 5.93. The van der Waals surface area contributed by atoms with E-state index in [1.165, 1.54) is 11.8 Å². The molecule has 19 heavy (non-hydrogen) atoms. The fourth-order valence-electron chi connectivity index (χ4n) is 1.21. The van der Waals surface area contributed by atoms with E-state index in [1.807, 2.05) is 6.26 Å². The molecule has 0 aliphatic heterocycles. The number of carboxylic acid groups (broad SMARTS) is 1. The highest BCUT2D eigenvalue weighted by atomic mass is 32.2. The molecule has 0 saturated carbocycles. The molecule has 0 aromatic carbocycles. The number of thioether (sulfide) groups is 1. The molecule has 0 aromatic heterocycles. The van der Waals surface area contributed by atoms with Gasteiger partial charge in [-0.05, 0) is 25.4 Å². The lowest BCUT2D eigenvalue weighted by Crippen LogP contribution is -2.46. The number of urea groups is 1. The zero-order valence-electron chi connectivity index (χ0n) is 11.1. The first-order chi connectivity index (χ1) is 9.01. The van der Waals surface area contributed by atoms with Gasteiger partial charge in [0.2, 0.25) is 0 Å². The molecule has 0 saturated heterocycles. The van der Waals surface area contributed by atoms with Crippen LogP contribution in [0.15, 0.2) is 0 Å². The number of ether oxygens (including phenoxy) is 1. The van der Waals surface area contributed by atoms with Crippen molar-refractivity contribution in [3.63, 3.8) is 0 Å². The summed E-state index contributed by atoms with van der Waals surface area (Å²) in [7, 11) is 0. The maximum atomic E-state index is 11.4. The zero-order chi connectivity index (χ0) is 14.7. The average molecular weight is 292 g/mol. The minimum absolute atomic E-state index is 0.0593. The molecule has 0 aromatic rings. The van der Waals surface area contributed by atoms with Crippen molar-refractivity contribution in [3.8, 4) is 0 Å². The Balaban J connectivity index is 3.93. The molecule has 2 amide bonds. The van der Waals surface area contributed by atoms with Crippen LogP contribution in [-0.2, 0) is 14.3 Å². The van der Waals surface area contributed by atoms with E-state index in [1.54, 1.807) is 6.92 Å². The molecule has 8 heteroatoms. The number of carboxylic acids is 1. The van der Waals surface area contributed by atoms with Crippen LogP contribution in [0.3, 0.4) is 0 Å². The zero-order valence-corrected chi connectivity index (χ0v) is 11.9. The van der Waals surface area contributed by atoms with E-state index in [2.05, 4.69) is 15.4 Å². The highest BCUT2D eigenvalue weighted by Crippen LogP contribution is 2.00. The smallest absolute Gasteiger partial charge is 0.326 e. The molecular weight excluding hydrogens is 272 g/mol. The largest absolute Gasteiger partial charge is 0.480 e. The Labute approximate surface area is 116 Å². The first kappa shape index (κ1) is 17.6. The maximum Gasteiger partial charge on any atom is 0.326 e. The second-order valence-corrected chi connectivity index (χ2v) is 4.61. The molecule has 0 aliphatic carbocycles. The van der Waals surface area contributed by atoms with Gasteiger partial charge in [0.15, 0.2) is 0 Å². The molecule has 0 heterocycles. The lowest BCUT2D eigenvalue weighted by molar-refractivity contribution is -0.143. The van der Waals surface area contributed by atoms with Crippen LogP contribution in [0.25, 0.3) is 0 Å². The standard InChI is InChI=1S/C11H20N2O5S/c1-3-18-9(14)4-6-12-11(17)13-8(10(15)16)5-7-19-2/h8H,3-7H2,1-2H3,(H,15,16)(H2,12,13,17). The van der Waals surface area contributed by atoms with Crippen LogP contribution in [-0.4, -0.2) is 54.3 Å². The molecule has 1 unspecified atom stereocenters. The van der Waals surface area contributed by atoms with Crippen molar-refractivity contribution in [2.75, 3.05) is 25.2 Å². The first-order valence-corrected chi connectivity index (χ1v) is 7.32. The highest BCUT2D eigenvalue weighted by molar-refractivity contribution is 7.98. The predicted molar refractivity (Wildman–Crippen MR) is 72.2 cm³/mol. The molecule has 0 fully saturated rings. The fourth-order valence-corrected chi connectivity index (χ4v) is 1.69. The summed E-state index contributed by atoms with van der Waals surface area (Å²) in [6.45, 7) is 2.10. The second-order valence-electron chi connectivity index (χ2n) is 3.63. The summed E-state index contributed by atoms with van der Waals surface area (Å²) in [4.78, 5) is 33.3. The van der Waals surface area contributed by atoms with Crippen LogP contribution >= 0.6 is 11.8 Å². The molecule has 0 spiro atoms. The third kappa shape index (κ3) is 9.18. The summed E-state index contributed by atoms with van der Waals surface area (Å²) < 4.78 is 4.69. The molecule has 0 aliphatic rings. The van der Waals surface area contributed by atoms with Crippen LogP contribution < -0.4 is 10.6 Å². The normalized spacial score (nSPS) is 11.5. The molecule has 110 valence electrons. The molecule has 3 N–H and O–H groups in total. The number of nitrogens with one attached hydrogen (secondary N) is 2. The fraction of sp³-hybridized carbons (Fsp3) is 0.727. The number of hydrogen-bond acceptors (Lipinski definition) is 5. The van der Waals surface area contributed by atoms with Crippen LogP contribution in [0.2, 0.25) is 0 Å². The molecule has 0 rings (SSSR count). The van der Waals surface area contributed by atoms with Gasteiger partial charge in [-0.3, -0.25) is 4.79 Å². The van der Waals surface area contributed by atoms with Gasteiger partial charge in [0.25, 0.3) is 0 Å². The van der Waals surface area contributed by atoms with Gasteiger partial charge in [0.1, 0.15) is 6.04 Å². The lowest BCUT2D eigenvalue weighted by Gasteiger charge is -2.14. The van der Waals surface area contributed by atoms with Crippen LogP contribution in [0, 0.1) is 0 Å². The van der Waals surface area contributed by atoms with Gasteiger partial charge >= 0.3 is 18.0 Å². The SMILES string of the molecule is CCOC(=O)CCNC(=O)NC(CCSC)C(=O)O. The van der Waals surface area contributed by atoms with Gasteiger partial charge in [-0.25, -0.2) is 9.59 Å². The lowest BCUT2D eigenvalue weighted by atomic mass is 10.2. The van der Waals surface area contributed by atoms with Crippen LogP contribution in [0.1, 0.15) is 19.8 Å². The summed E-state index contributed by atoms with van der Waals surface area (Å²) in [6, 6.07) is -1.52. The minimum Gasteiger partial charge on any atom is -0.480 e. The Hall–Kier alpha value is -1.44. The quantitative estimate of drug-likeness (QED) is 0.533. The Morgan fingerprint density at radius 3 is 2.58 bits per heavy atom. The van der Waals surface area contributed by atoms with E-state index in [9.17, 15) is 14.4 Å². The van der Waals surface area contributed by atoms with E-state index in [0.29, 0.717) is 18.8 Å². The third-order valence-electron chi connectivity index (χ3n) is 2.13. The van der Waals surface area contributed by atoms with Crippen molar-refractivity contribution >= 4 is 29.7 Å². The summed E-state index contributed by atoms with van der Waals surface area (Å²) >= 11 is 1.51. The van der Waals surface area contributed by atoms with Gasteiger partial charge in [-0.2, -0.15) is 11.8 Å². The minimum atomic E-state index is -1.07. The van der Waals surface area contributed by atoms with Crippen molar-refractivity contribution in [1.29, 1.82) is 0 Å². The Morgan fingerprint density at radius 1 is 1.37 bits per heavy atom. The van der Waals surface area contributed by atoms with Crippen molar-refractivity contribution in [2.24, 2.45) is 0 Å². The van der Waals surface area contributed by atoms with Crippen molar-refractivity contribution < 1.29 is 24.2 Å². The third-order valence-corrected chi connectivity index (χ3v) is 2.78. The van der Waals surface area contributed by atoms with Crippen LogP contribution in [0.4, 0.5) is 4.79 Å². The number of esters is 1. The number of rotatable bonds is 9.